The average Bonchev–Trinajstić information content (AvgIpc) is 3.99. The Labute approximate surface area is 478 Å². The highest BCUT2D eigenvalue weighted by Gasteiger charge is 2.61. The van der Waals surface area contributed by atoms with Gasteiger partial charge in [0.1, 0.15) is 23.7 Å². The van der Waals surface area contributed by atoms with Gasteiger partial charge >= 0.3 is 5.97 Å². The molecule has 5 saturated heterocycles. The molecule has 5 aliphatic heterocycles. The summed E-state index contributed by atoms with van der Waals surface area (Å²) < 4.78 is 79.1. The van der Waals surface area contributed by atoms with Crippen LogP contribution in [0.5, 0.6) is 0 Å². The van der Waals surface area contributed by atoms with E-state index in [-0.39, 0.29) is 65.8 Å². The average molecular weight is 1150 g/mol. The number of rotatable bonds is 20. The first-order chi connectivity index (χ1) is 36.7. The van der Waals surface area contributed by atoms with E-state index in [0.717, 1.165) is 30.4 Å². The van der Waals surface area contributed by atoms with Crippen LogP contribution in [-0.4, -0.2) is 157 Å². The van der Waals surface area contributed by atoms with Gasteiger partial charge in [0, 0.05) is 52.2 Å². The molecular weight excluding hydrogens is 1040 g/mol. The van der Waals surface area contributed by atoms with Gasteiger partial charge in [-0.3, -0.25) is 4.79 Å². The van der Waals surface area contributed by atoms with Crippen LogP contribution < -0.4 is 0 Å². The Balaban J connectivity index is 1.25. The molecule has 0 bridgehead atoms. The number of methoxy groups -OCH3 is 2. The van der Waals surface area contributed by atoms with Crippen LogP contribution in [0.3, 0.4) is 0 Å². The van der Waals surface area contributed by atoms with Crippen molar-refractivity contribution in [3.05, 3.63) is 47.1 Å². The highest BCUT2D eigenvalue weighted by Crippen LogP contribution is 2.50. The third-order valence-electron chi connectivity index (χ3n) is 19.4. The van der Waals surface area contributed by atoms with Gasteiger partial charge in [0.2, 0.25) is 0 Å². The summed E-state index contributed by atoms with van der Waals surface area (Å²) in [5.41, 5.74) is 0.670. The summed E-state index contributed by atoms with van der Waals surface area (Å²) in [5.74, 6) is -1.75. The normalized spacial score (nSPS) is 38.9. The molecule has 5 fully saturated rings. The molecule has 6 aliphatic rings. The fourth-order valence-electron chi connectivity index (χ4n) is 12.2. The van der Waals surface area contributed by atoms with Gasteiger partial charge in [-0.15, -0.1) is 0 Å². The molecule has 5 heterocycles. The summed E-state index contributed by atoms with van der Waals surface area (Å²) in [5, 5.41) is 24.2. The number of carbonyl (C=O) groups is 1. The highest BCUT2D eigenvalue weighted by atomic mass is 28.4. The van der Waals surface area contributed by atoms with Crippen molar-refractivity contribution >= 4 is 22.6 Å². The number of hydrogen-bond acceptors (Lipinski definition) is 15. The molecule has 0 aromatic heterocycles. The van der Waals surface area contributed by atoms with Crippen molar-refractivity contribution < 1.29 is 71.2 Å². The van der Waals surface area contributed by atoms with E-state index < -0.39 is 89.1 Å². The minimum atomic E-state index is -2.35. The van der Waals surface area contributed by atoms with E-state index in [1.54, 1.807) is 21.1 Å². The molecule has 0 amide bonds. The molecule has 0 aromatic carbocycles. The van der Waals surface area contributed by atoms with E-state index in [4.69, 9.17) is 56.2 Å². The predicted molar refractivity (Wildman–Crippen MR) is 312 cm³/mol. The van der Waals surface area contributed by atoms with Crippen LogP contribution in [0.15, 0.2) is 47.1 Å². The van der Waals surface area contributed by atoms with Crippen LogP contribution in [0.25, 0.3) is 0 Å². The first kappa shape index (κ1) is 66.5. The molecular formula is C62H108O15Si2. The molecule has 1 spiro atoms. The second-order valence-corrected chi connectivity index (χ2v) is 36.9. The third-order valence-corrected chi connectivity index (χ3v) is 28.3. The van der Waals surface area contributed by atoms with Gasteiger partial charge in [-0.2, -0.15) is 0 Å². The van der Waals surface area contributed by atoms with Crippen molar-refractivity contribution in [1.29, 1.82) is 0 Å². The minimum Gasteiger partial charge on any atom is -0.465 e. The van der Waals surface area contributed by atoms with Crippen LogP contribution in [0, 0.1) is 23.7 Å². The molecule has 0 radical (unpaired) electrons. The van der Waals surface area contributed by atoms with E-state index in [9.17, 15) is 15.0 Å². The zero-order valence-corrected chi connectivity index (χ0v) is 54.6. The summed E-state index contributed by atoms with van der Waals surface area (Å²) in [6, 6.07) is 0. The summed E-state index contributed by atoms with van der Waals surface area (Å²) >= 11 is 0. The zero-order valence-electron chi connectivity index (χ0n) is 52.6. The number of hydrogen-bond donors (Lipinski definition) is 2. The van der Waals surface area contributed by atoms with E-state index in [1.165, 1.54) is 0 Å². The van der Waals surface area contributed by atoms with Crippen LogP contribution >= 0.6 is 0 Å². The number of fused-ring (bicyclic) bond motifs is 1. The fourth-order valence-corrected chi connectivity index (χ4v) is 14.9. The number of aliphatic hydroxyl groups excluding tert-OH is 1. The summed E-state index contributed by atoms with van der Waals surface area (Å²) in [7, 11) is -1.06. The molecule has 2 N–H and O–H groups in total. The van der Waals surface area contributed by atoms with E-state index in [1.807, 2.05) is 39.0 Å². The highest BCUT2D eigenvalue weighted by molar-refractivity contribution is 6.74. The lowest BCUT2D eigenvalue weighted by atomic mass is 9.71. The van der Waals surface area contributed by atoms with Crippen LogP contribution in [0.2, 0.25) is 36.3 Å². The number of ether oxygens (including phenoxy) is 10. The lowest BCUT2D eigenvalue weighted by Crippen LogP contribution is -2.60. The van der Waals surface area contributed by atoms with Gasteiger partial charge in [0.25, 0.3) is 0 Å². The van der Waals surface area contributed by atoms with Gasteiger partial charge in [-0.05, 0) is 112 Å². The van der Waals surface area contributed by atoms with Crippen molar-refractivity contribution in [2.24, 2.45) is 23.7 Å². The van der Waals surface area contributed by atoms with E-state index >= 15 is 0 Å². The Morgan fingerprint density at radius 2 is 1.49 bits per heavy atom. The molecule has 1 unspecified atom stereocenters. The predicted octanol–water partition coefficient (Wildman–Crippen LogP) is 11.7. The Morgan fingerprint density at radius 3 is 2.11 bits per heavy atom. The minimum absolute atomic E-state index is 0.0274. The van der Waals surface area contributed by atoms with Crippen molar-refractivity contribution in [3.63, 3.8) is 0 Å². The SMILES string of the molecule is CCOC(=O)[C@@H]1C=C(C)[C@@H](O[Si](C)(C)C(C)(C)C)[C@H]2OC/C(=C\C=C\[C@H](C)[C@H](O[C@H]3C[C@H](OC)[C@@H](O[C@H]4C[C@H](OC)[C@@H](O[Si](C)(C)C(C)(C)C)[C@H](C)O4)[C@H](C)O3)/C(C)=C/C[C@@H]3C[C@H](O)C[C@@]4(CC[C@H](C)[C@@H](C(C)CC)O4)O3)[C@]21O. The number of allylic oxidation sites excluding steroid dienone is 2. The van der Waals surface area contributed by atoms with E-state index in [0.29, 0.717) is 49.5 Å². The van der Waals surface area contributed by atoms with Crippen LogP contribution in [0.4, 0.5) is 0 Å². The maximum absolute atomic E-state index is 13.7. The summed E-state index contributed by atoms with van der Waals surface area (Å²) in [4.78, 5) is 13.7. The fraction of sp³-hybridized carbons (Fsp3) is 0.855. The summed E-state index contributed by atoms with van der Waals surface area (Å²) in [6.07, 6.45) is 9.14. The molecule has 17 heteroatoms. The zero-order chi connectivity index (χ0) is 58.8. The molecule has 0 saturated carbocycles. The second-order valence-electron chi connectivity index (χ2n) is 27.4. The standard InChI is InChI=1S/C62H108O15Si2/c1-22-37(3)53-40(6)29-30-61(75-53)35-45(63)32-46(74-61)28-27-39(5)52(72-50-33-48(66-16)55(42(8)70-50)73-51-34-49(67-17)56(43(9)71-51)77-79(20,21)60(13,14)15)38(4)25-24-26-44-36-69-57-54(76-78(18,19)59(10,11)12)41(7)31-47(62(44,57)65)58(64)68-23-2/h24-27,31,37-38,40,42-43,45-57,63,65H,22-23,28-30,32-36H2,1-21H3/b25-24+,39-27+,44-26+/t37?,38-,40-,42-,43-,45-,46+,47-,48-,49-,50-,51-,52-,53+,54+,55-,56-,57+,61-,62+/m0/s1. The Hall–Kier alpha value is -1.66. The number of aliphatic hydroxyl groups is 2. The van der Waals surface area contributed by atoms with Crippen molar-refractivity contribution in [3.8, 4) is 0 Å². The molecule has 1 aliphatic carbocycles. The smallest absolute Gasteiger partial charge is 0.316 e. The first-order valence-electron chi connectivity index (χ1n) is 30.0. The van der Waals surface area contributed by atoms with Gasteiger partial charge in [-0.25, -0.2) is 0 Å². The van der Waals surface area contributed by atoms with Crippen LogP contribution in [-0.2, 0) is 61.0 Å². The molecule has 454 valence electrons. The summed E-state index contributed by atoms with van der Waals surface area (Å²) in [6.45, 7) is 41.0. The Bertz CT molecular complexity index is 2130. The van der Waals surface area contributed by atoms with Gasteiger partial charge < -0.3 is 66.4 Å². The molecule has 15 nitrogen and oxygen atoms in total. The quantitative estimate of drug-likeness (QED) is 0.0670. The Morgan fingerprint density at radius 1 is 0.886 bits per heavy atom. The molecule has 79 heavy (non-hydrogen) atoms. The monoisotopic (exact) mass is 1150 g/mol. The second kappa shape index (κ2) is 26.7. The maximum Gasteiger partial charge on any atom is 0.316 e. The lowest BCUT2D eigenvalue weighted by molar-refractivity contribution is -0.340. The van der Waals surface area contributed by atoms with Gasteiger partial charge in [0.05, 0.1) is 74.3 Å². The molecule has 6 rings (SSSR count). The van der Waals surface area contributed by atoms with Crippen LogP contribution in [0.1, 0.15) is 155 Å². The largest absolute Gasteiger partial charge is 0.465 e. The first-order valence-corrected chi connectivity index (χ1v) is 35.9. The third kappa shape index (κ3) is 15.2. The molecule has 20 atom stereocenters. The lowest BCUT2D eigenvalue weighted by Gasteiger charge is -2.50. The van der Waals surface area contributed by atoms with Gasteiger partial charge in [-0.1, -0.05) is 106 Å². The van der Waals surface area contributed by atoms with Crippen molar-refractivity contribution in [2.45, 2.75) is 289 Å². The molecule has 0 aromatic rings. The number of carbonyl (C=O) groups excluding carboxylic acids is 1. The topological polar surface area (TPSA) is 168 Å². The van der Waals surface area contributed by atoms with Crippen molar-refractivity contribution in [1.82, 2.24) is 0 Å². The number of esters is 1. The maximum atomic E-state index is 13.7. The Kier molecular flexibility index (Phi) is 22.5. The van der Waals surface area contributed by atoms with Crippen molar-refractivity contribution in [2.75, 3.05) is 27.4 Å². The van der Waals surface area contributed by atoms with Gasteiger partial charge in [0.15, 0.2) is 35.0 Å². The van der Waals surface area contributed by atoms with E-state index in [2.05, 4.69) is 115 Å².